The predicted octanol–water partition coefficient (Wildman–Crippen LogP) is 1.02. The van der Waals surface area contributed by atoms with Gasteiger partial charge in [-0.1, -0.05) is 6.92 Å². The van der Waals surface area contributed by atoms with Crippen molar-refractivity contribution < 1.29 is 25.2 Å². The number of aromatic nitrogens is 2. The smallest absolute Gasteiger partial charge is 0.340 e. The van der Waals surface area contributed by atoms with Gasteiger partial charge in [-0.2, -0.15) is 0 Å². The Morgan fingerprint density at radius 3 is 2.65 bits per heavy atom. The summed E-state index contributed by atoms with van der Waals surface area (Å²) in [5, 5.41) is 44.2. The minimum Gasteiger partial charge on any atom is -0.508 e. The highest BCUT2D eigenvalue weighted by Crippen LogP contribution is 2.37. The first kappa shape index (κ1) is 21.0. The van der Waals surface area contributed by atoms with Crippen LogP contribution in [0.25, 0.3) is 22.3 Å². The number of carboxylic acids is 1. The standard InChI is InChI=1S/C22H23N3O6/c1-3-22(31,21(29)30)15-7-17-19-11(9-25(17)20(28)14(15)10-26)6-12-13(8-23-2)18(27)5-4-16(12)24-19/h4-7,23,26-27,31H,3,8-10H2,1-2H3,(H,29,30)/t22-/m1/s1. The number of rotatable bonds is 6. The number of aliphatic hydroxyl groups is 2. The van der Waals surface area contributed by atoms with E-state index in [-0.39, 0.29) is 29.8 Å². The number of benzene rings is 1. The summed E-state index contributed by atoms with van der Waals surface area (Å²) in [4.78, 5) is 29.6. The number of nitrogens with zero attached hydrogens (tertiary/aromatic N) is 2. The minimum absolute atomic E-state index is 0.127. The Labute approximate surface area is 177 Å². The number of aromatic hydroxyl groups is 1. The van der Waals surface area contributed by atoms with Crippen molar-refractivity contribution in [2.24, 2.45) is 0 Å². The molecule has 5 N–H and O–H groups in total. The molecule has 9 nitrogen and oxygen atoms in total. The zero-order chi connectivity index (χ0) is 22.5. The van der Waals surface area contributed by atoms with E-state index in [9.17, 15) is 30.0 Å². The summed E-state index contributed by atoms with van der Waals surface area (Å²) in [5.74, 6) is -1.36. The highest BCUT2D eigenvalue weighted by molar-refractivity contribution is 5.89. The molecule has 1 atom stereocenters. The monoisotopic (exact) mass is 425 g/mol. The third kappa shape index (κ3) is 3.01. The Morgan fingerprint density at radius 2 is 2.03 bits per heavy atom. The second kappa shape index (κ2) is 7.45. The molecular weight excluding hydrogens is 402 g/mol. The van der Waals surface area contributed by atoms with Gasteiger partial charge >= 0.3 is 5.97 Å². The van der Waals surface area contributed by atoms with Crippen molar-refractivity contribution in [3.05, 3.63) is 56.9 Å². The van der Waals surface area contributed by atoms with Crippen molar-refractivity contribution in [3.8, 4) is 17.1 Å². The van der Waals surface area contributed by atoms with Crippen LogP contribution in [0.15, 0.2) is 29.1 Å². The molecule has 0 saturated heterocycles. The van der Waals surface area contributed by atoms with Gasteiger partial charge in [0.2, 0.25) is 0 Å². The number of carbonyl (C=O) groups is 1. The zero-order valence-electron chi connectivity index (χ0n) is 17.1. The molecule has 4 rings (SSSR count). The van der Waals surface area contributed by atoms with Crippen molar-refractivity contribution in [1.29, 1.82) is 0 Å². The Morgan fingerprint density at radius 1 is 1.29 bits per heavy atom. The van der Waals surface area contributed by atoms with Crippen molar-refractivity contribution in [2.75, 3.05) is 7.05 Å². The minimum atomic E-state index is -2.31. The lowest BCUT2D eigenvalue weighted by molar-refractivity contribution is -0.160. The first-order chi connectivity index (χ1) is 14.8. The van der Waals surface area contributed by atoms with E-state index >= 15 is 0 Å². The molecule has 1 aromatic carbocycles. The number of hydrogen-bond donors (Lipinski definition) is 5. The van der Waals surface area contributed by atoms with Gasteiger partial charge in [0.25, 0.3) is 5.56 Å². The molecule has 1 aliphatic rings. The maximum atomic E-state index is 13.1. The van der Waals surface area contributed by atoms with E-state index in [1.165, 1.54) is 17.6 Å². The molecule has 0 spiro atoms. The lowest BCUT2D eigenvalue weighted by Crippen LogP contribution is -2.39. The average Bonchev–Trinajstić information content (AvgIpc) is 3.11. The molecule has 0 unspecified atom stereocenters. The molecule has 162 valence electrons. The topological polar surface area (TPSA) is 145 Å². The Hall–Kier alpha value is -3.27. The van der Waals surface area contributed by atoms with Crippen LogP contribution in [0.5, 0.6) is 5.75 Å². The third-order valence-electron chi connectivity index (χ3n) is 5.96. The molecule has 31 heavy (non-hydrogen) atoms. The molecule has 0 aliphatic carbocycles. The van der Waals surface area contributed by atoms with E-state index in [2.05, 4.69) is 10.3 Å². The number of phenols is 1. The predicted molar refractivity (Wildman–Crippen MR) is 113 cm³/mol. The number of hydrogen-bond acceptors (Lipinski definition) is 7. The number of nitrogens with one attached hydrogen (secondary N) is 1. The fourth-order valence-electron chi connectivity index (χ4n) is 4.23. The highest BCUT2D eigenvalue weighted by Gasteiger charge is 2.40. The summed E-state index contributed by atoms with van der Waals surface area (Å²) in [6.07, 6.45) is -0.178. The van der Waals surface area contributed by atoms with Crippen molar-refractivity contribution in [1.82, 2.24) is 14.9 Å². The normalized spacial score (nSPS) is 14.3. The van der Waals surface area contributed by atoms with Crippen LogP contribution in [0.2, 0.25) is 0 Å². The summed E-state index contributed by atoms with van der Waals surface area (Å²) < 4.78 is 1.42. The molecule has 0 bridgehead atoms. The van der Waals surface area contributed by atoms with E-state index in [1.54, 1.807) is 19.2 Å². The molecule has 0 fully saturated rings. The average molecular weight is 425 g/mol. The third-order valence-corrected chi connectivity index (χ3v) is 5.96. The van der Waals surface area contributed by atoms with E-state index < -0.39 is 23.7 Å². The zero-order valence-corrected chi connectivity index (χ0v) is 17.1. The molecule has 2 aromatic heterocycles. The highest BCUT2D eigenvalue weighted by atomic mass is 16.4. The number of pyridine rings is 2. The van der Waals surface area contributed by atoms with Gasteiger partial charge in [-0.3, -0.25) is 4.79 Å². The molecule has 1 aliphatic heterocycles. The van der Waals surface area contributed by atoms with E-state index in [1.807, 2.05) is 6.07 Å². The molecule has 0 saturated carbocycles. The quantitative estimate of drug-likeness (QED) is 0.308. The van der Waals surface area contributed by atoms with Crippen LogP contribution >= 0.6 is 0 Å². The SMILES string of the molecule is CC[C@](O)(C(=O)O)c1cc2n(c(=O)c1CO)Cc1cc3c(CNC)c(O)ccc3nc1-2. The Balaban J connectivity index is 2.00. The van der Waals surface area contributed by atoms with Gasteiger partial charge in [-0.25, -0.2) is 9.78 Å². The lowest BCUT2D eigenvalue weighted by atomic mass is 9.87. The molecule has 3 heterocycles. The molecule has 0 amide bonds. The first-order valence-corrected chi connectivity index (χ1v) is 9.90. The van der Waals surface area contributed by atoms with Gasteiger partial charge in [-0.15, -0.1) is 0 Å². The van der Waals surface area contributed by atoms with Gasteiger partial charge in [0.05, 0.1) is 30.1 Å². The maximum Gasteiger partial charge on any atom is 0.340 e. The summed E-state index contributed by atoms with van der Waals surface area (Å²) in [5.41, 5.74) is -0.254. The Kier molecular flexibility index (Phi) is 5.04. The van der Waals surface area contributed by atoms with Crippen LogP contribution in [0.3, 0.4) is 0 Å². The molecule has 0 radical (unpaired) electrons. The van der Waals surface area contributed by atoms with Gasteiger partial charge < -0.3 is 30.3 Å². The number of fused-ring (bicyclic) bond motifs is 4. The van der Waals surface area contributed by atoms with Crippen LogP contribution in [-0.2, 0) is 30.1 Å². The van der Waals surface area contributed by atoms with Crippen molar-refractivity contribution in [2.45, 2.75) is 38.6 Å². The van der Waals surface area contributed by atoms with Crippen LogP contribution < -0.4 is 10.9 Å². The fourth-order valence-corrected chi connectivity index (χ4v) is 4.23. The number of aliphatic hydroxyl groups excluding tert-OH is 1. The van der Waals surface area contributed by atoms with Gasteiger partial charge in [0, 0.05) is 34.2 Å². The van der Waals surface area contributed by atoms with Crippen LogP contribution in [0.4, 0.5) is 0 Å². The van der Waals surface area contributed by atoms with Gasteiger partial charge in [-0.05, 0) is 37.7 Å². The fraction of sp³-hybridized carbons (Fsp3) is 0.318. The maximum absolute atomic E-state index is 13.1. The second-order valence-electron chi connectivity index (χ2n) is 7.65. The summed E-state index contributed by atoms with van der Waals surface area (Å²) in [6, 6.07) is 6.52. The van der Waals surface area contributed by atoms with Crippen LogP contribution in [-0.4, -0.2) is 43.0 Å². The number of carboxylic acid groups (broad SMARTS) is 1. The molecule has 3 aromatic rings. The van der Waals surface area contributed by atoms with Crippen LogP contribution in [0, 0.1) is 0 Å². The lowest BCUT2D eigenvalue weighted by Gasteiger charge is -2.25. The number of phenolic OH excluding ortho intramolecular Hbond substituents is 1. The largest absolute Gasteiger partial charge is 0.508 e. The van der Waals surface area contributed by atoms with Gasteiger partial charge in [0.1, 0.15) is 5.75 Å². The van der Waals surface area contributed by atoms with Crippen molar-refractivity contribution >= 4 is 16.9 Å². The van der Waals surface area contributed by atoms with E-state index in [0.29, 0.717) is 29.0 Å². The van der Waals surface area contributed by atoms with Gasteiger partial charge in [0.15, 0.2) is 5.60 Å². The Bertz CT molecular complexity index is 1280. The molecule has 9 heteroatoms. The van der Waals surface area contributed by atoms with Crippen LogP contribution in [0.1, 0.15) is 35.6 Å². The molecular formula is C22H23N3O6. The first-order valence-electron chi connectivity index (χ1n) is 9.90. The number of aliphatic carboxylic acids is 1. The summed E-state index contributed by atoms with van der Waals surface area (Å²) >= 11 is 0. The van der Waals surface area contributed by atoms with E-state index in [4.69, 9.17) is 0 Å². The summed E-state index contributed by atoms with van der Waals surface area (Å²) in [7, 11) is 1.77. The second-order valence-corrected chi connectivity index (χ2v) is 7.65. The van der Waals surface area contributed by atoms with E-state index in [0.717, 1.165) is 10.9 Å². The van der Waals surface area contributed by atoms with Crippen molar-refractivity contribution in [3.63, 3.8) is 0 Å². The summed E-state index contributed by atoms with van der Waals surface area (Å²) in [6.45, 7) is 1.41.